The molecule has 7 nitrogen and oxygen atoms in total. The van der Waals surface area contributed by atoms with E-state index in [0.717, 1.165) is 39.0 Å². The number of piperazine rings is 1. The van der Waals surface area contributed by atoms with Gasteiger partial charge >= 0.3 is 0 Å². The van der Waals surface area contributed by atoms with E-state index in [9.17, 15) is 14.0 Å². The molecule has 1 aromatic rings. The first-order valence-corrected chi connectivity index (χ1v) is 11.7. The third-order valence-electron chi connectivity index (χ3n) is 6.48. The summed E-state index contributed by atoms with van der Waals surface area (Å²) in [7, 11) is 0. The van der Waals surface area contributed by atoms with Gasteiger partial charge in [-0.05, 0) is 44.0 Å². The molecule has 1 aromatic carbocycles. The highest BCUT2D eigenvalue weighted by Gasteiger charge is 2.30. The molecule has 2 aliphatic rings. The monoisotopic (exact) mass is 443 g/mol. The Bertz CT molecular complexity index is 794. The lowest BCUT2D eigenvalue weighted by Crippen LogP contribution is -2.56. The Balaban J connectivity index is 1.54. The molecule has 8 heteroatoms. The lowest BCUT2D eigenvalue weighted by Gasteiger charge is -2.39. The number of rotatable bonds is 7. The van der Waals surface area contributed by atoms with E-state index in [-0.39, 0.29) is 36.6 Å². The van der Waals surface area contributed by atoms with Gasteiger partial charge in [0.15, 0.2) is 0 Å². The molecule has 2 heterocycles. The van der Waals surface area contributed by atoms with Gasteiger partial charge in [0.1, 0.15) is 5.82 Å². The van der Waals surface area contributed by atoms with Gasteiger partial charge in [-0.2, -0.15) is 5.26 Å². The number of anilines is 1. The van der Waals surface area contributed by atoms with Crippen LogP contribution in [0.3, 0.4) is 0 Å². The van der Waals surface area contributed by atoms with Crippen LogP contribution in [0.4, 0.5) is 10.1 Å². The standard InChI is InChI=1S/C24H34FN5O2/c1-20(24(32)30(14-6-11-26)22-9-7-21(25)8-10-22)28-17-15-27(16-18-28)19-23(31)29-12-4-2-3-5-13-29/h7-10,20H,2-6,12-19H2,1H3. The molecule has 0 saturated carbocycles. The SMILES string of the molecule is CC(C(=O)N(CCC#N)c1ccc(F)cc1)N1CCN(CC(=O)N2CCCCCC2)CC1. The maximum absolute atomic E-state index is 13.3. The van der Waals surface area contributed by atoms with Gasteiger partial charge in [-0.15, -0.1) is 0 Å². The Labute approximate surface area is 190 Å². The lowest BCUT2D eigenvalue weighted by atomic mass is 10.1. The van der Waals surface area contributed by atoms with E-state index >= 15 is 0 Å². The number of carbonyl (C=O) groups is 2. The fraction of sp³-hybridized carbons (Fsp3) is 0.625. The maximum atomic E-state index is 13.3. The average molecular weight is 444 g/mol. The molecule has 2 saturated heterocycles. The van der Waals surface area contributed by atoms with E-state index in [1.165, 1.54) is 25.0 Å². The van der Waals surface area contributed by atoms with Gasteiger partial charge < -0.3 is 9.80 Å². The molecule has 0 bridgehead atoms. The van der Waals surface area contributed by atoms with Crippen molar-refractivity contribution in [2.75, 3.05) is 57.3 Å². The summed E-state index contributed by atoms with van der Waals surface area (Å²) in [6.45, 7) is 7.22. The van der Waals surface area contributed by atoms with Crippen molar-refractivity contribution >= 4 is 17.5 Å². The molecular formula is C24H34FN5O2. The van der Waals surface area contributed by atoms with E-state index in [2.05, 4.69) is 15.9 Å². The molecule has 3 rings (SSSR count). The zero-order valence-electron chi connectivity index (χ0n) is 19.0. The van der Waals surface area contributed by atoms with Crippen molar-refractivity contribution in [3.8, 4) is 6.07 Å². The van der Waals surface area contributed by atoms with Crippen molar-refractivity contribution in [1.29, 1.82) is 5.26 Å². The summed E-state index contributed by atoms with van der Waals surface area (Å²) in [5.41, 5.74) is 0.597. The number of halogens is 1. The molecule has 174 valence electrons. The molecule has 0 aliphatic carbocycles. The molecule has 0 spiro atoms. The first-order chi connectivity index (χ1) is 15.5. The van der Waals surface area contributed by atoms with Crippen LogP contribution in [0.15, 0.2) is 24.3 Å². The van der Waals surface area contributed by atoms with Gasteiger partial charge in [-0.1, -0.05) is 12.8 Å². The van der Waals surface area contributed by atoms with Crippen LogP contribution < -0.4 is 4.90 Å². The van der Waals surface area contributed by atoms with E-state index in [1.54, 1.807) is 17.0 Å². The summed E-state index contributed by atoms with van der Waals surface area (Å²) in [6.07, 6.45) is 4.81. The smallest absolute Gasteiger partial charge is 0.244 e. The fourth-order valence-corrected chi connectivity index (χ4v) is 4.45. The van der Waals surface area contributed by atoms with Gasteiger partial charge in [0.2, 0.25) is 11.8 Å². The Kier molecular flexibility index (Phi) is 9.00. The molecule has 1 unspecified atom stereocenters. The third kappa shape index (κ3) is 6.50. The molecule has 1 atom stereocenters. The van der Waals surface area contributed by atoms with Crippen molar-refractivity contribution in [3.63, 3.8) is 0 Å². The van der Waals surface area contributed by atoms with Gasteiger partial charge in [0.05, 0.1) is 25.1 Å². The van der Waals surface area contributed by atoms with Crippen LogP contribution in [0.1, 0.15) is 39.0 Å². The Morgan fingerprint density at radius 2 is 1.66 bits per heavy atom. The van der Waals surface area contributed by atoms with Crippen molar-refractivity contribution in [2.45, 2.75) is 45.1 Å². The summed E-state index contributed by atoms with van der Waals surface area (Å²) >= 11 is 0. The summed E-state index contributed by atoms with van der Waals surface area (Å²) in [5.74, 6) is -0.246. The number of likely N-dealkylation sites (tertiary alicyclic amines) is 1. The van der Waals surface area contributed by atoms with Crippen LogP contribution in [0, 0.1) is 17.1 Å². The highest BCUT2D eigenvalue weighted by atomic mass is 19.1. The van der Waals surface area contributed by atoms with Crippen LogP contribution in [-0.4, -0.2) is 84.9 Å². The number of hydrogen-bond acceptors (Lipinski definition) is 5. The minimum absolute atomic E-state index is 0.0963. The molecule has 2 fully saturated rings. The first-order valence-electron chi connectivity index (χ1n) is 11.7. The Morgan fingerprint density at radius 3 is 2.25 bits per heavy atom. The second-order valence-corrected chi connectivity index (χ2v) is 8.66. The summed E-state index contributed by atoms with van der Waals surface area (Å²) in [6, 6.07) is 7.52. The van der Waals surface area contributed by atoms with E-state index in [0.29, 0.717) is 25.3 Å². The summed E-state index contributed by atoms with van der Waals surface area (Å²) < 4.78 is 13.3. The number of hydrogen-bond donors (Lipinski definition) is 0. The van der Waals surface area contributed by atoms with Gasteiger partial charge in [-0.25, -0.2) is 4.39 Å². The average Bonchev–Trinajstić information content (AvgIpc) is 3.10. The van der Waals surface area contributed by atoms with Gasteiger partial charge in [-0.3, -0.25) is 19.4 Å². The summed E-state index contributed by atoms with van der Waals surface area (Å²) in [5, 5.41) is 8.99. The second kappa shape index (κ2) is 11.9. The maximum Gasteiger partial charge on any atom is 0.244 e. The molecule has 2 aliphatic heterocycles. The Morgan fingerprint density at radius 1 is 1.03 bits per heavy atom. The molecule has 0 radical (unpaired) electrons. The second-order valence-electron chi connectivity index (χ2n) is 8.66. The molecule has 0 aromatic heterocycles. The number of amides is 2. The lowest BCUT2D eigenvalue weighted by molar-refractivity contribution is -0.133. The number of benzene rings is 1. The number of nitriles is 1. The summed E-state index contributed by atoms with van der Waals surface area (Å²) in [4.78, 5) is 33.8. The normalized spacial score (nSPS) is 19.1. The quantitative estimate of drug-likeness (QED) is 0.648. The predicted octanol–water partition coefficient (Wildman–Crippen LogP) is 2.48. The zero-order chi connectivity index (χ0) is 22.9. The van der Waals surface area contributed by atoms with Crippen LogP contribution in [-0.2, 0) is 9.59 Å². The van der Waals surface area contributed by atoms with Crippen molar-refractivity contribution in [2.24, 2.45) is 0 Å². The van der Waals surface area contributed by atoms with E-state index in [4.69, 9.17) is 5.26 Å². The predicted molar refractivity (Wildman–Crippen MR) is 122 cm³/mol. The van der Waals surface area contributed by atoms with Crippen LogP contribution in [0.5, 0.6) is 0 Å². The molecule has 2 amide bonds. The largest absolute Gasteiger partial charge is 0.342 e. The van der Waals surface area contributed by atoms with Crippen molar-refractivity contribution in [3.05, 3.63) is 30.1 Å². The van der Waals surface area contributed by atoms with Crippen LogP contribution in [0.2, 0.25) is 0 Å². The van der Waals surface area contributed by atoms with Crippen molar-refractivity contribution < 1.29 is 14.0 Å². The molecular weight excluding hydrogens is 409 g/mol. The first kappa shape index (κ1) is 24.1. The third-order valence-corrected chi connectivity index (χ3v) is 6.48. The topological polar surface area (TPSA) is 70.9 Å². The molecule has 0 N–H and O–H groups in total. The minimum atomic E-state index is -0.361. The zero-order valence-corrected chi connectivity index (χ0v) is 19.0. The van der Waals surface area contributed by atoms with Crippen LogP contribution in [0.25, 0.3) is 0 Å². The molecule has 32 heavy (non-hydrogen) atoms. The minimum Gasteiger partial charge on any atom is -0.342 e. The van der Waals surface area contributed by atoms with Gasteiger partial charge in [0, 0.05) is 51.5 Å². The highest BCUT2D eigenvalue weighted by Crippen LogP contribution is 2.19. The van der Waals surface area contributed by atoms with E-state index < -0.39 is 0 Å². The Hall–Kier alpha value is -2.50. The number of nitrogens with zero attached hydrogens (tertiary/aromatic N) is 5. The number of carbonyl (C=O) groups excluding carboxylic acids is 2. The van der Waals surface area contributed by atoms with Gasteiger partial charge in [0.25, 0.3) is 0 Å². The fourth-order valence-electron chi connectivity index (χ4n) is 4.45. The van der Waals surface area contributed by atoms with Crippen LogP contribution >= 0.6 is 0 Å². The highest BCUT2D eigenvalue weighted by molar-refractivity contribution is 5.97. The van der Waals surface area contributed by atoms with E-state index in [1.807, 2.05) is 11.8 Å². The van der Waals surface area contributed by atoms with Crippen molar-refractivity contribution in [1.82, 2.24) is 14.7 Å².